The quantitative estimate of drug-likeness (QED) is 0.276. The molecule has 0 bridgehead atoms. The van der Waals surface area contributed by atoms with Gasteiger partial charge in [-0.25, -0.2) is 0 Å². The summed E-state index contributed by atoms with van der Waals surface area (Å²) in [6.45, 7) is 2.92. The second-order valence-electron chi connectivity index (χ2n) is 2.01. The lowest BCUT2D eigenvalue weighted by atomic mass is 10.3. The molecule has 0 atom stereocenters. The number of hydrogen-bond donors (Lipinski definition) is 1. The van der Waals surface area contributed by atoms with Crippen LogP contribution in [0.5, 0.6) is 0 Å². The highest BCUT2D eigenvalue weighted by Crippen LogP contribution is 1.89. The SMILES string of the molecule is CCNC(=O)CCCN=[N+]=[N-]. The van der Waals surface area contributed by atoms with Crippen LogP contribution in [-0.4, -0.2) is 19.0 Å². The van der Waals surface area contributed by atoms with Gasteiger partial charge in [-0.15, -0.1) is 0 Å². The van der Waals surface area contributed by atoms with Crippen molar-refractivity contribution >= 4 is 5.91 Å². The Morgan fingerprint density at radius 1 is 1.73 bits per heavy atom. The van der Waals surface area contributed by atoms with E-state index < -0.39 is 0 Å². The lowest BCUT2D eigenvalue weighted by Gasteiger charge is -1.98. The highest BCUT2D eigenvalue weighted by molar-refractivity contribution is 5.75. The van der Waals surface area contributed by atoms with Gasteiger partial charge < -0.3 is 5.32 Å². The Labute approximate surface area is 65.4 Å². The number of nitrogens with zero attached hydrogens (tertiary/aromatic N) is 3. The smallest absolute Gasteiger partial charge is 0.219 e. The molecule has 0 rings (SSSR count). The van der Waals surface area contributed by atoms with Crippen LogP contribution >= 0.6 is 0 Å². The summed E-state index contributed by atoms with van der Waals surface area (Å²) in [6, 6.07) is 0. The summed E-state index contributed by atoms with van der Waals surface area (Å²) in [5.41, 5.74) is 7.89. The zero-order chi connectivity index (χ0) is 8.53. The van der Waals surface area contributed by atoms with Crippen LogP contribution in [0.2, 0.25) is 0 Å². The van der Waals surface area contributed by atoms with Crippen molar-refractivity contribution in [3.63, 3.8) is 0 Å². The molecule has 0 spiro atoms. The van der Waals surface area contributed by atoms with Crippen LogP contribution in [0.3, 0.4) is 0 Å². The summed E-state index contributed by atoms with van der Waals surface area (Å²) < 4.78 is 0. The van der Waals surface area contributed by atoms with E-state index in [9.17, 15) is 4.79 Å². The number of hydrogen-bond acceptors (Lipinski definition) is 2. The van der Waals surface area contributed by atoms with Crippen LogP contribution in [-0.2, 0) is 4.79 Å². The van der Waals surface area contributed by atoms with Gasteiger partial charge in [0.2, 0.25) is 5.91 Å². The summed E-state index contributed by atoms with van der Waals surface area (Å²) in [4.78, 5) is 13.3. The van der Waals surface area contributed by atoms with Gasteiger partial charge in [0.05, 0.1) is 0 Å². The van der Waals surface area contributed by atoms with E-state index in [0.29, 0.717) is 25.9 Å². The summed E-state index contributed by atoms with van der Waals surface area (Å²) in [5.74, 6) is 0.0145. The number of nitrogens with one attached hydrogen (secondary N) is 1. The molecular weight excluding hydrogens is 144 g/mol. The first-order valence-electron chi connectivity index (χ1n) is 3.58. The van der Waals surface area contributed by atoms with Crippen LogP contribution in [0.4, 0.5) is 0 Å². The van der Waals surface area contributed by atoms with Gasteiger partial charge in [0.1, 0.15) is 0 Å². The Morgan fingerprint density at radius 2 is 2.45 bits per heavy atom. The molecule has 0 aromatic rings. The standard InChI is InChI=1S/C6H12N4O/c1-2-8-6(11)4-3-5-9-10-7/h2-5H2,1H3,(H,8,11). The van der Waals surface area contributed by atoms with E-state index in [1.165, 1.54) is 0 Å². The van der Waals surface area contributed by atoms with Gasteiger partial charge in [0, 0.05) is 24.4 Å². The fraction of sp³-hybridized carbons (Fsp3) is 0.833. The fourth-order valence-corrected chi connectivity index (χ4v) is 0.641. The first kappa shape index (κ1) is 9.78. The zero-order valence-electron chi connectivity index (χ0n) is 6.58. The minimum Gasteiger partial charge on any atom is -0.356 e. The second kappa shape index (κ2) is 6.89. The molecule has 1 N–H and O–H groups in total. The number of carbonyl (C=O) groups excluding carboxylic acids is 1. The summed E-state index contributed by atoms with van der Waals surface area (Å²) in [6.07, 6.45) is 1.06. The summed E-state index contributed by atoms with van der Waals surface area (Å²) in [7, 11) is 0. The molecule has 0 aromatic carbocycles. The van der Waals surface area contributed by atoms with Crippen molar-refractivity contribution in [3.8, 4) is 0 Å². The molecule has 1 amide bonds. The molecule has 0 aliphatic heterocycles. The molecule has 5 nitrogen and oxygen atoms in total. The highest BCUT2D eigenvalue weighted by Gasteiger charge is 1.96. The van der Waals surface area contributed by atoms with E-state index in [-0.39, 0.29) is 5.91 Å². The first-order valence-corrected chi connectivity index (χ1v) is 3.58. The normalized spacial score (nSPS) is 8.45. The molecule has 0 heterocycles. The molecule has 0 aliphatic carbocycles. The molecule has 11 heavy (non-hydrogen) atoms. The third-order valence-corrected chi connectivity index (χ3v) is 1.10. The molecule has 0 aliphatic rings. The van der Waals surface area contributed by atoms with E-state index in [1.807, 2.05) is 6.92 Å². The number of azide groups is 1. The molecule has 0 unspecified atom stereocenters. The molecule has 0 radical (unpaired) electrons. The Bertz CT molecular complexity index is 162. The summed E-state index contributed by atoms with van der Waals surface area (Å²) in [5, 5.41) is 5.95. The maximum absolute atomic E-state index is 10.8. The molecule has 0 saturated carbocycles. The van der Waals surface area contributed by atoms with Crippen molar-refractivity contribution in [2.24, 2.45) is 5.11 Å². The van der Waals surface area contributed by atoms with Crippen molar-refractivity contribution < 1.29 is 4.79 Å². The maximum atomic E-state index is 10.8. The van der Waals surface area contributed by atoms with Gasteiger partial charge in [-0.3, -0.25) is 4.79 Å². The zero-order valence-corrected chi connectivity index (χ0v) is 6.58. The first-order chi connectivity index (χ1) is 5.31. The summed E-state index contributed by atoms with van der Waals surface area (Å²) >= 11 is 0. The molecule has 0 saturated heterocycles. The predicted octanol–water partition coefficient (Wildman–Crippen LogP) is 1.21. The van der Waals surface area contributed by atoms with Gasteiger partial charge >= 0.3 is 0 Å². The van der Waals surface area contributed by atoms with Crippen LogP contribution in [0.25, 0.3) is 10.4 Å². The Balaban J connectivity index is 3.23. The minimum atomic E-state index is 0.0145. The Morgan fingerprint density at radius 3 is 3.00 bits per heavy atom. The highest BCUT2D eigenvalue weighted by atomic mass is 16.1. The van der Waals surface area contributed by atoms with Gasteiger partial charge in [-0.2, -0.15) is 0 Å². The van der Waals surface area contributed by atoms with E-state index in [0.717, 1.165) is 0 Å². The topological polar surface area (TPSA) is 77.9 Å². The van der Waals surface area contributed by atoms with Crippen molar-refractivity contribution in [2.75, 3.05) is 13.1 Å². The van der Waals surface area contributed by atoms with Crippen LogP contribution in [0, 0.1) is 0 Å². The molecule has 62 valence electrons. The maximum Gasteiger partial charge on any atom is 0.219 e. The third-order valence-electron chi connectivity index (χ3n) is 1.10. The second-order valence-corrected chi connectivity index (χ2v) is 2.01. The van der Waals surface area contributed by atoms with E-state index >= 15 is 0 Å². The Hall–Kier alpha value is -1.22. The fourth-order valence-electron chi connectivity index (χ4n) is 0.641. The van der Waals surface area contributed by atoms with Crippen LogP contribution < -0.4 is 5.32 Å². The Kier molecular flexibility index (Phi) is 6.13. The average Bonchev–Trinajstić information content (AvgIpc) is 1.99. The number of rotatable bonds is 5. The van der Waals surface area contributed by atoms with Gasteiger partial charge in [0.25, 0.3) is 0 Å². The lowest BCUT2D eigenvalue weighted by Crippen LogP contribution is -2.22. The monoisotopic (exact) mass is 156 g/mol. The average molecular weight is 156 g/mol. The van der Waals surface area contributed by atoms with Crippen molar-refractivity contribution in [1.29, 1.82) is 0 Å². The van der Waals surface area contributed by atoms with E-state index in [4.69, 9.17) is 5.53 Å². The minimum absolute atomic E-state index is 0.0145. The van der Waals surface area contributed by atoms with E-state index in [2.05, 4.69) is 15.3 Å². The van der Waals surface area contributed by atoms with Crippen LogP contribution in [0.15, 0.2) is 5.11 Å². The van der Waals surface area contributed by atoms with Gasteiger partial charge in [-0.05, 0) is 18.9 Å². The molecular formula is C6H12N4O. The molecule has 5 heteroatoms. The van der Waals surface area contributed by atoms with Crippen molar-refractivity contribution in [1.82, 2.24) is 5.32 Å². The van der Waals surface area contributed by atoms with Crippen molar-refractivity contribution in [2.45, 2.75) is 19.8 Å². The largest absolute Gasteiger partial charge is 0.356 e. The van der Waals surface area contributed by atoms with Crippen molar-refractivity contribution in [3.05, 3.63) is 10.4 Å². The lowest BCUT2D eigenvalue weighted by molar-refractivity contribution is -0.121. The third kappa shape index (κ3) is 6.67. The van der Waals surface area contributed by atoms with E-state index in [1.54, 1.807) is 0 Å². The van der Waals surface area contributed by atoms with Crippen LogP contribution in [0.1, 0.15) is 19.8 Å². The number of carbonyl (C=O) groups is 1. The predicted molar refractivity (Wildman–Crippen MR) is 41.9 cm³/mol. The number of amides is 1. The van der Waals surface area contributed by atoms with Gasteiger partial charge in [0.15, 0.2) is 0 Å². The molecule has 0 fully saturated rings. The van der Waals surface area contributed by atoms with Gasteiger partial charge in [-0.1, -0.05) is 5.11 Å². The molecule has 0 aromatic heterocycles.